The van der Waals surface area contributed by atoms with E-state index in [1.165, 1.54) is 38.1 Å². The molecule has 0 aliphatic carbocycles. The summed E-state index contributed by atoms with van der Waals surface area (Å²) in [5, 5.41) is 19.9. The quantitative estimate of drug-likeness (QED) is 0.640. The number of amides is 1. The fraction of sp³-hybridized carbons (Fsp3) is 0.333. The zero-order valence-corrected chi connectivity index (χ0v) is 11.2. The molecule has 0 aromatic heterocycles. The lowest BCUT2D eigenvalue weighted by atomic mass is 10.1. The molecule has 0 saturated carbocycles. The standard InChI is InChI=1S/C12H14N2O6/c1-7(11(15)13(2)3)20-9-6-4-5-8(14(18)19)10(9)12(16)17/h4-7H,1-3H3,(H,16,17). The highest BCUT2D eigenvalue weighted by Gasteiger charge is 2.27. The van der Waals surface area contributed by atoms with Crippen LogP contribution in [0.3, 0.4) is 0 Å². The highest BCUT2D eigenvalue weighted by Crippen LogP contribution is 2.29. The molecular weight excluding hydrogens is 268 g/mol. The Morgan fingerprint density at radius 1 is 1.40 bits per heavy atom. The minimum Gasteiger partial charge on any atom is -0.480 e. The molecule has 0 saturated heterocycles. The number of carboxylic acid groups (broad SMARTS) is 1. The Morgan fingerprint density at radius 2 is 2.00 bits per heavy atom. The van der Waals surface area contributed by atoms with Crippen LogP contribution < -0.4 is 4.74 Å². The maximum absolute atomic E-state index is 11.7. The summed E-state index contributed by atoms with van der Waals surface area (Å²) < 4.78 is 5.24. The highest BCUT2D eigenvalue weighted by molar-refractivity contribution is 5.95. The van der Waals surface area contributed by atoms with Gasteiger partial charge in [-0.05, 0) is 13.0 Å². The smallest absolute Gasteiger partial charge is 0.346 e. The van der Waals surface area contributed by atoms with E-state index < -0.39 is 28.2 Å². The van der Waals surface area contributed by atoms with Crippen LogP contribution in [0.5, 0.6) is 5.75 Å². The number of carbonyl (C=O) groups is 2. The van der Waals surface area contributed by atoms with Crippen LogP contribution in [-0.4, -0.2) is 47.0 Å². The minimum atomic E-state index is -1.49. The van der Waals surface area contributed by atoms with Gasteiger partial charge in [0, 0.05) is 20.2 Å². The minimum absolute atomic E-state index is 0.214. The van der Waals surface area contributed by atoms with Crippen molar-refractivity contribution in [3.8, 4) is 5.75 Å². The molecule has 1 N–H and O–H groups in total. The molecule has 1 atom stereocenters. The lowest BCUT2D eigenvalue weighted by molar-refractivity contribution is -0.385. The van der Waals surface area contributed by atoms with Crippen molar-refractivity contribution in [2.24, 2.45) is 0 Å². The third-order valence-electron chi connectivity index (χ3n) is 2.51. The molecule has 8 heteroatoms. The molecule has 0 radical (unpaired) electrons. The van der Waals surface area contributed by atoms with E-state index in [9.17, 15) is 19.7 Å². The van der Waals surface area contributed by atoms with E-state index >= 15 is 0 Å². The van der Waals surface area contributed by atoms with Crippen molar-refractivity contribution >= 4 is 17.6 Å². The maximum Gasteiger partial charge on any atom is 0.346 e. The Bertz CT molecular complexity index is 555. The second-order valence-corrected chi connectivity index (χ2v) is 4.21. The molecule has 1 rings (SSSR count). The number of aromatic carboxylic acids is 1. The Morgan fingerprint density at radius 3 is 2.45 bits per heavy atom. The Balaban J connectivity index is 3.19. The van der Waals surface area contributed by atoms with Crippen LogP contribution in [0, 0.1) is 10.1 Å². The van der Waals surface area contributed by atoms with Gasteiger partial charge in [0.15, 0.2) is 11.7 Å². The van der Waals surface area contributed by atoms with Crippen LogP contribution in [0.2, 0.25) is 0 Å². The van der Waals surface area contributed by atoms with Gasteiger partial charge in [-0.3, -0.25) is 14.9 Å². The first-order valence-electron chi connectivity index (χ1n) is 5.64. The van der Waals surface area contributed by atoms with E-state index in [1.54, 1.807) is 0 Å². The fourth-order valence-electron chi connectivity index (χ4n) is 1.59. The number of nitrogens with zero attached hydrogens (tertiary/aromatic N) is 2. The molecule has 1 aromatic carbocycles. The number of carbonyl (C=O) groups excluding carboxylic acids is 1. The van der Waals surface area contributed by atoms with Crippen LogP contribution in [0.1, 0.15) is 17.3 Å². The van der Waals surface area contributed by atoms with Gasteiger partial charge < -0.3 is 14.7 Å². The first-order valence-corrected chi connectivity index (χ1v) is 5.64. The van der Waals surface area contributed by atoms with Crippen LogP contribution >= 0.6 is 0 Å². The molecule has 1 amide bonds. The van der Waals surface area contributed by atoms with Crippen molar-refractivity contribution in [2.75, 3.05) is 14.1 Å². The van der Waals surface area contributed by atoms with Crippen molar-refractivity contribution in [1.29, 1.82) is 0 Å². The normalized spacial score (nSPS) is 11.6. The first kappa shape index (κ1) is 15.4. The third kappa shape index (κ3) is 3.22. The number of hydrogen-bond acceptors (Lipinski definition) is 5. The third-order valence-corrected chi connectivity index (χ3v) is 2.51. The van der Waals surface area contributed by atoms with Crippen LogP contribution in [-0.2, 0) is 4.79 Å². The van der Waals surface area contributed by atoms with Gasteiger partial charge in [-0.2, -0.15) is 0 Å². The summed E-state index contributed by atoms with van der Waals surface area (Å²) in [4.78, 5) is 34.1. The molecule has 0 bridgehead atoms. The lowest BCUT2D eigenvalue weighted by Crippen LogP contribution is -2.35. The summed E-state index contributed by atoms with van der Waals surface area (Å²) in [6.45, 7) is 1.44. The van der Waals surface area contributed by atoms with Gasteiger partial charge in [0.25, 0.3) is 11.6 Å². The van der Waals surface area contributed by atoms with E-state index in [0.29, 0.717) is 0 Å². The number of carboxylic acids is 1. The summed E-state index contributed by atoms with van der Waals surface area (Å²) in [5.41, 5.74) is -1.16. The molecule has 0 aliphatic rings. The van der Waals surface area contributed by atoms with Crippen molar-refractivity contribution in [2.45, 2.75) is 13.0 Å². The second-order valence-electron chi connectivity index (χ2n) is 4.21. The predicted molar refractivity (Wildman–Crippen MR) is 68.8 cm³/mol. The lowest BCUT2D eigenvalue weighted by Gasteiger charge is -2.19. The number of hydrogen-bond donors (Lipinski definition) is 1. The monoisotopic (exact) mass is 282 g/mol. The largest absolute Gasteiger partial charge is 0.480 e. The van der Waals surface area contributed by atoms with E-state index in [0.717, 1.165) is 6.07 Å². The van der Waals surface area contributed by atoms with E-state index in [1.807, 2.05) is 0 Å². The summed E-state index contributed by atoms with van der Waals surface area (Å²) in [5.74, 6) is -2.08. The molecule has 0 aliphatic heterocycles. The second kappa shape index (κ2) is 6.00. The van der Waals surface area contributed by atoms with E-state index in [-0.39, 0.29) is 11.7 Å². The summed E-state index contributed by atoms with van der Waals surface area (Å²) in [7, 11) is 3.04. The van der Waals surface area contributed by atoms with Crippen molar-refractivity contribution < 1.29 is 24.4 Å². The average molecular weight is 282 g/mol. The van der Waals surface area contributed by atoms with Gasteiger partial charge in [0.05, 0.1) is 4.92 Å². The predicted octanol–water partition coefficient (Wildman–Crippen LogP) is 1.15. The Hall–Kier alpha value is -2.64. The molecule has 108 valence electrons. The molecule has 1 aromatic rings. The Kier molecular flexibility index (Phi) is 4.63. The number of rotatable bonds is 5. The molecular formula is C12H14N2O6. The average Bonchev–Trinajstić information content (AvgIpc) is 2.36. The summed E-state index contributed by atoms with van der Waals surface area (Å²) in [6, 6.07) is 3.64. The van der Waals surface area contributed by atoms with Crippen molar-refractivity contribution in [3.63, 3.8) is 0 Å². The highest BCUT2D eigenvalue weighted by atomic mass is 16.6. The first-order chi connectivity index (χ1) is 9.25. The molecule has 0 spiro atoms. The van der Waals surface area contributed by atoms with Gasteiger partial charge >= 0.3 is 5.97 Å². The Labute approximate surface area is 114 Å². The van der Waals surface area contributed by atoms with Gasteiger partial charge in [0.1, 0.15) is 5.75 Å². The number of nitro groups is 1. The fourth-order valence-corrected chi connectivity index (χ4v) is 1.59. The number of ether oxygens (including phenoxy) is 1. The maximum atomic E-state index is 11.7. The topological polar surface area (TPSA) is 110 Å². The number of likely N-dealkylation sites (N-methyl/N-ethyl adjacent to an activating group) is 1. The molecule has 20 heavy (non-hydrogen) atoms. The molecule has 8 nitrogen and oxygen atoms in total. The summed E-state index contributed by atoms with van der Waals surface area (Å²) >= 11 is 0. The van der Waals surface area contributed by atoms with Crippen LogP contribution in [0.25, 0.3) is 0 Å². The zero-order chi connectivity index (χ0) is 15.4. The van der Waals surface area contributed by atoms with E-state index in [2.05, 4.69) is 0 Å². The number of nitro benzene ring substituents is 1. The van der Waals surface area contributed by atoms with Gasteiger partial charge in [-0.1, -0.05) is 6.07 Å². The number of benzene rings is 1. The van der Waals surface area contributed by atoms with Gasteiger partial charge in [0.2, 0.25) is 0 Å². The van der Waals surface area contributed by atoms with Crippen molar-refractivity contribution in [1.82, 2.24) is 4.90 Å². The molecule has 0 heterocycles. The molecule has 1 unspecified atom stereocenters. The zero-order valence-electron chi connectivity index (χ0n) is 11.2. The summed E-state index contributed by atoms with van der Waals surface area (Å²) in [6.07, 6.45) is -0.954. The SMILES string of the molecule is CC(Oc1cccc([N+](=O)[O-])c1C(=O)O)C(=O)N(C)C. The van der Waals surface area contributed by atoms with Crippen LogP contribution in [0.15, 0.2) is 18.2 Å². The van der Waals surface area contributed by atoms with Gasteiger partial charge in [-0.25, -0.2) is 4.79 Å². The van der Waals surface area contributed by atoms with Gasteiger partial charge in [-0.15, -0.1) is 0 Å². The van der Waals surface area contributed by atoms with Crippen molar-refractivity contribution in [3.05, 3.63) is 33.9 Å². The molecule has 0 fully saturated rings. The van der Waals surface area contributed by atoms with E-state index in [4.69, 9.17) is 9.84 Å². The van der Waals surface area contributed by atoms with Crippen LogP contribution in [0.4, 0.5) is 5.69 Å².